The molecule has 0 spiro atoms. The molecule has 0 fully saturated rings. The quantitative estimate of drug-likeness (QED) is 0.200. The summed E-state index contributed by atoms with van der Waals surface area (Å²) in [7, 11) is 0. The third-order valence-corrected chi connectivity index (χ3v) is 5.41. The first-order valence-corrected chi connectivity index (χ1v) is 11.1. The van der Waals surface area contributed by atoms with Gasteiger partial charge in [0.2, 0.25) is 0 Å². The third kappa shape index (κ3) is 4.95. The Morgan fingerprint density at radius 3 is 2.65 bits per heavy atom. The molecule has 0 aliphatic heterocycles. The molecule has 4 rings (SSSR count). The van der Waals surface area contributed by atoms with Gasteiger partial charge in [-0.05, 0) is 67.9 Å². The first-order chi connectivity index (χ1) is 16.4. The fourth-order valence-corrected chi connectivity index (χ4v) is 3.75. The number of ether oxygens (including phenoxy) is 2. The fraction of sp³-hybridized carbons (Fsp3) is 0.120. The van der Waals surface area contributed by atoms with Gasteiger partial charge in [-0.3, -0.25) is 4.79 Å². The van der Waals surface area contributed by atoms with Crippen LogP contribution < -0.4 is 15.0 Å². The molecule has 0 atom stereocenters. The van der Waals surface area contributed by atoms with Gasteiger partial charge in [0.1, 0.15) is 5.82 Å². The third-order valence-electron chi connectivity index (χ3n) is 4.86. The molecule has 9 heteroatoms. The van der Waals surface area contributed by atoms with Crippen molar-refractivity contribution in [1.29, 1.82) is 0 Å². The van der Waals surface area contributed by atoms with Crippen LogP contribution in [0.5, 0.6) is 11.5 Å². The van der Waals surface area contributed by atoms with E-state index < -0.39 is 5.97 Å². The molecule has 0 amide bonds. The molecule has 7 nitrogen and oxygen atoms in total. The maximum atomic E-state index is 12.8. The maximum absolute atomic E-state index is 12.8. The first kappa shape index (κ1) is 23.5. The van der Waals surface area contributed by atoms with Crippen LogP contribution in [0.15, 0.2) is 70.6 Å². The highest BCUT2D eigenvalue weighted by molar-refractivity contribution is 6.36. The zero-order chi connectivity index (χ0) is 24.2. The van der Waals surface area contributed by atoms with Crippen molar-refractivity contribution in [2.75, 3.05) is 6.61 Å². The molecule has 34 heavy (non-hydrogen) atoms. The number of benzene rings is 3. The monoisotopic (exact) mass is 495 g/mol. The number of fused-ring (bicyclic) bond motifs is 1. The van der Waals surface area contributed by atoms with E-state index in [-0.39, 0.29) is 21.9 Å². The van der Waals surface area contributed by atoms with Crippen molar-refractivity contribution in [2.24, 2.45) is 5.10 Å². The van der Waals surface area contributed by atoms with E-state index in [0.717, 1.165) is 0 Å². The van der Waals surface area contributed by atoms with Gasteiger partial charge in [0.05, 0.1) is 34.3 Å². The number of halogens is 2. The highest BCUT2D eigenvalue weighted by Gasteiger charge is 2.16. The summed E-state index contributed by atoms with van der Waals surface area (Å²) in [4.78, 5) is 29.8. The van der Waals surface area contributed by atoms with Crippen LogP contribution in [0.4, 0.5) is 0 Å². The standard InChI is InChI=1S/C25H19Cl2N3O4/c1-3-33-23-12-16(8-11-22(23)34-25(32)18-10-9-17(26)13-20(18)27)14-28-30-15(2)29-21-7-5-4-6-19(21)24(30)31/h4-14H,3H2,1-2H3. The van der Waals surface area contributed by atoms with Crippen LogP contribution in [0.3, 0.4) is 0 Å². The Kier molecular flexibility index (Phi) is 6.95. The zero-order valence-electron chi connectivity index (χ0n) is 18.3. The normalized spacial score (nSPS) is 11.2. The lowest BCUT2D eigenvalue weighted by atomic mass is 10.2. The lowest BCUT2D eigenvalue weighted by molar-refractivity contribution is 0.0728. The second-order valence-corrected chi connectivity index (χ2v) is 8.03. The number of esters is 1. The van der Waals surface area contributed by atoms with Crippen molar-refractivity contribution in [1.82, 2.24) is 9.66 Å². The number of aromatic nitrogens is 2. The number of hydrogen-bond donors (Lipinski definition) is 0. The van der Waals surface area contributed by atoms with Crippen molar-refractivity contribution < 1.29 is 14.3 Å². The van der Waals surface area contributed by atoms with Crippen LogP contribution >= 0.6 is 23.2 Å². The average Bonchev–Trinajstić information content (AvgIpc) is 2.80. The summed E-state index contributed by atoms with van der Waals surface area (Å²) < 4.78 is 12.4. The molecule has 3 aromatic carbocycles. The number of aryl methyl sites for hydroxylation is 1. The van der Waals surface area contributed by atoms with Crippen molar-refractivity contribution in [3.63, 3.8) is 0 Å². The van der Waals surface area contributed by atoms with E-state index in [4.69, 9.17) is 32.7 Å². The van der Waals surface area contributed by atoms with Crippen molar-refractivity contribution in [3.8, 4) is 11.5 Å². The lowest BCUT2D eigenvalue weighted by Gasteiger charge is -2.12. The van der Waals surface area contributed by atoms with Gasteiger partial charge in [-0.25, -0.2) is 9.78 Å². The molecule has 1 aromatic heterocycles. The molecule has 4 aromatic rings. The van der Waals surface area contributed by atoms with Crippen LogP contribution in [0.25, 0.3) is 10.9 Å². The van der Waals surface area contributed by atoms with Crippen molar-refractivity contribution in [2.45, 2.75) is 13.8 Å². The van der Waals surface area contributed by atoms with Gasteiger partial charge in [-0.2, -0.15) is 9.78 Å². The smallest absolute Gasteiger partial charge is 0.345 e. The van der Waals surface area contributed by atoms with Crippen molar-refractivity contribution in [3.05, 3.63) is 98.0 Å². The fourth-order valence-electron chi connectivity index (χ4n) is 3.26. The van der Waals surface area contributed by atoms with Crippen LogP contribution in [0.1, 0.15) is 28.7 Å². The first-order valence-electron chi connectivity index (χ1n) is 10.3. The predicted molar refractivity (Wildman–Crippen MR) is 133 cm³/mol. The maximum Gasteiger partial charge on any atom is 0.345 e. The summed E-state index contributed by atoms with van der Waals surface area (Å²) in [5, 5.41) is 5.38. The summed E-state index contributed by atoms with van der Waals surface area (Å²) in [6.07, 6.45) is 1.51. The summed E-state index contributed by atoms with van der Waals surface area (Å²) in [5.74, 6) is 0.366. The van der Waals surface area contributed by atoms with E-state index in [1.807, 2.05) is 13.0 Å². The van der Waals surface area contributed by atoms with Gasteiger partial charge < -0.3 is 9.47 Å². The van der Waals surface area contributed by atoms with E-state index >= 15 is 0 Å². The Hall–Kier alpha value is -3.68. The number of rotatable bonds is 6. The van der Waals surface area contributed by atoms with Crippen LogP contribution in [0.2, 0.25) is 10.0 Å². The largest absolute Gasteiger partial charge is 0.490 e. The minimum Gasteiger partial charge on any atom is -0.490 e. The second-order valence-electron chi connectivity index (χ2n) is 7.19. The van der Waals surface area contributed by atoms with Gasteiger partial charge >= 0.3 is 5.97 Å². The summed E-state index contributed by atoms with van der Waals surface area (Å²) in [6.45, 7) is 3.87. The van der Waals surface area contributed by atoms with Crippen LogP contribution in [0, 0.1) is 6.92 Å². The zero-order valence-corrected chi connectivity index (χ0v) is 19.8. The highest BCUT2D eigenvalue weighted by atomic mass is 35.5. The molecule has 172 valence electrons. The van der Waals surface area contributed by atoms with E-state index in [1.165, 1.54) is 23.0 Å². The molecule has 0 bridgehead atoms. The second kappa shape index (κ2) is 10.1. The van der Waals surface area contributed by atoms with Crippen LogP contribution in [-0.4, -0.2) is 28.5 Å². The molecular weight excluding hydrogens is 477 g/mol. The Bertz CT molecular complexity index is 1480. The molecule has 0 saturated heterocycles. The molecule has 0 unspecified atom stereocenters. The number of para-hydroxylation sites is 1. The van der Waals surface area contributed by atoms with E-state index in [2.05, 4.69) is 10.1 Å². The summed E-state index contributed by atoms with van der Waals surface area (Å²) in [5.41, 5.74) is 1.15. The molecule has 0 saturated carbocycles. The Morgan fingerprint density at radius 1 is 1.09 bits per heavy atom. The van der Waals surface area contributed by atoms with Gasteiger partial charge in [-0.1, -0.05) is 35.3 Å². The summed E-state index contributed by atoms with van der Waals surface area (Å²) in [6, 6.07) is 16.5. The highest BCUT2D eigenvalue weighted by Crippen LogP contribution is 2.30. The van der Waals surface area contributed by atoms with Crippen molar-refractivity contribution >= 4 is 46.3 Å². The average molecular weight is 496 g/mol. The lowest BCUT2D eigenvalue weighted by Crippen LogP contribution is -2.20. The van der Waals surface area contributed by atoms with Gasteiger partial charge in [0.25, 0.3) is 5.56 Å². The minimum atomic E-state index is -0.645. The van der Waals surface area contributed by atoms with Gasteiger partial charge in [-0.15, -0.1) is 0 Å². The van der Waals surface area contributed by atoms with Gasteiger partial charge in [0, 0.05) is 5.02 Å². The molecular formula is C25H19Cl2N3O4. The Balaban J connectivity index is 1.63. The number of carbonyl (C=O) groups excluding carboxylic acids is 1. The Labute approximate surface area is 205 Å². The van der Waals surface area contributed by atoms with E-state index in [9.17, 15) is 9.59 Å². The molecule has 0 radical (unpaired) electrons. The number of carbonyl (C=O) groups is 1. The topological polar surface area (TPSA) is 82.8 Å². The number of nitrogens with zero attached hydrogens (tertiary/aromatic N) is 3. The minimum absolute atomic E-state index is 0.179. The number of hydrogen-bond acceptors (Lipinski definition) is 6. The van der Waals surface area contributed by atoms with E-state index in [1.54, 1.807) is 49.4 Å². The SMILES string of the molecule is CCOc1cc(C=Nn2c(C)nc3ccccc3c2=O)ccc1OC(=O)c1ccc(Cl)cc1Cl. The van der Waals surface area contributed by atoms with E-state index in [0.29, 0.717) is 39.7 Å². The molecule has 0 N–H and O–H groups in total. The molecule has 0 aliphatic rings. The van der Waals surface area contributed by atoms with Crippen LogP contribution in [-0.2, 0) is 0 Å². The van der Waals surface area contributed by atoms with Gasteiger partial charge in [0.15, 0.2) is 11.5 Å². The predicted octanol–water partition coefficient (Wildman–Crippen LogP) is 5.51. The molecule has 0 aliphatic carbocycles. The summed E-state index contributed by atoms with van der Waals surface area (Å²) >= 11 is 12.0. The Morgan fingerprint density at radius 2 is 1.88 bits per heavy atom. The molecule has 1 heterocycles.